The Morgan fingerprint density at radius 1 is 1.14 bits per heavy atom. The third kappa shape index (κ3) is 2.87. The SMILES string of the molecule is CC1CCCCC1Nc1ccc2nnc(C(C)(C)C)n2n1. The van der Waals surface area contributed by atoms with Crippen molar-refractivity contribution in [1.82, 2.24) is 19.8 Å². The van der Waals surface area contributed by atoms with E-state index in [0.29, 0.717) is 12.0 Å². The molecular formula is C16H25N5. The van der Waals surface area contributed by atoms with Crippen molar-refractivity contribution in [1.29, 1.82) is 0 Å². The van der Waals surface area contributed by atoms with Gasteiger partial charge in [0, 0.05) is 11.5 Å². The van der Waals surface area contributed by atoms with Crippen LogP contribution >= 0.6 is 0 Å². The molecule has 3 rings (SSSR count). The molecule has 5 nitrogen and oxygen atoms in total. The Morgan fingerprint density at radius 3 is 2.62 bits per heavy atom. The summed E-state index contributed by atoms with van der Waals surface area (Å²) in [7, 11) is 0. The maximum absolute atomic E-state index is 4.71. The fraction of sp³-hybridized carbons (Fsp3) is 0.688. The lowest BCUT2D eigenvalue weighted by molar-refractivity contribution is 0.348. The molecule has 1 aliphatic carbocycles. The summed E-state index contributed by atoms with van der Waals surface area (Å²) in [5.74, 6) is 2.53. The summed E-state index contributed by atoms with van der Waals surface area (Å²) in [4.78, 5) is 0. The van der Waals surface area contributed by atoms with Crippen LogP contribution in [-0.2, 0) is 5.41 Å². The van der Waals surface area contributed by atoms with E-state index in [-0.39, 0.29) is 5.41 Å². The largest absolute Gasteiger partial charge is 0.366 e. The van der Waals surface area contributed by atoms with E-state index in [1.165, 1.54) is 25.7 Å². The van der Waals surface area contributed by atoms with Crippen LogP contribution in [0.1, 0.15) is 59.2 Å². The van der Waals surface area contributed by atoms with Crippen molar-refractivity contribution in [2.24, 2.45) is 5.92 Å². The number of hydrogen-bond donors (Lipinski definition) is 1. The molecule has 114 valence electrons. The molecule has 1 saturated carbocycles. The van der Waals surface area contributed by atoms with Crippen LogP contribution in [-0.4, -0.2) is 25.9 Å². The summed E-state index contributed by atoms with van der Waals surface area (Å²) in [6.45, 7) is 8.73. The van der Waals surface area contributed by atoms with E-state index in [2.05, 4.69) is 43.2 Å². The maximum Gasteiger partial charge on any atom is 0.178 e. The van der Waals surface area contributed by atoms with E-state index in [9.17, 15) is 0 Å². The van der Waals surface area contributed by atoms with Crippen molar-refractivity contribution < 1.29 is 0 Å². The van der Waals surface area contributed by atoms with E-state index in [0.717, 1.165) is 17.3 Å². The Bertz CT molecular complexity index is 625. The number of aromatic nitrogens is 4. The molecule has 0 radical (unpaired) electrons. The molecule has 5 heteroatoms. The van der Waals surface area contributed by atoms with Crippen molar-refractivity contribution in [3.05, 3.63) is 18.0 Å². The minimum atomic E-state index is -0.0663. The third-order valence-electron chi connectivity index (χ3n) is 4.38. The summed E-state index contributed by atoms with van der Waals surface area (Å²) < 4.78 is 1.87. The summed E-state index contributed by atoms with van der Waals surface area (Å²) in [6.07, 6.45) is 5.20. The topological polar surface area (TPSA) is 55.1 Å². The molecule has 1 N–H and O–H groups in total. The summed E-state index contributed by atoms with van der Waals surface area (Å²) in [5, 5.41) is 16.8. The third-order valence-corrected chi connectivity index (χ3v) is 4.38. The predicted molar refractivity (Wildman–Crippen MR) is 84.5 cm³/mol. The first-order valence-corrected chi connectivity index (χ1v) is 7.94. The number of hydrogen-bond acceptors (Lipinski definition) is 4. The molecule has 21 heavy (non-hydrogen) atoms. The molecule has 0 amide bonds. The number of anilines is 1. The number of nitrogens with zero attached hydrogens (tertiary/aromatic N) is 4. The van der Waals surface area contributed by atoms with E-state index in [1.807, 2.05) is 16.6 Å². The number of nitrogens with one attached hydrogen (secondary N) is 1. The van der Waals surface area contributed by atoms with E-state index < -0.39 is 0 Å². The van der Waals surface area contributed by atoms with Crippen LogP contribution in [0.2, 0.25) is 0 Å². The second-order valence-corrected chi connectivity index (χ2v) is 7.27. The average Bonchev–Trinajstić information content (AvgIpc) is 2.84. The first-order valence-electron chi connectivity index (χ1n) is 7.94. The minimum Gasteiger partial charge on any atom is -0.366 e. The van der Waals surface area contributed by atoms with Crippen molar-refractivity contribution in [3.8, 4) is 0 Å². The van der Waals surface area contributed by atoms with Gasteiger partial charge in [0.2, 0.25) is 0 Å². The van der Waals surface area contributed by atoms with Gasteiger partial charge in [-0.05, 0) is 30.9 Å². The number of fused-ring (bicyclic) bond motifs is 1. The normalized spacial score (nSPS) is 23.4. The van der Waals surface area contributed by atoms with Gasteiger partial charge in [0.1, 0.15) is 5.82 Å². The van der Waals surface area contributed by atoms with Gasteiger partial charge in [0.15, 0.2) is 11.5 Å². The zero-order valence-electron chi connectivity index (χ0n) is 13.4. The Labute approximate surface area is 126 Å². The molecule has 2 atom stereocenters. The zero-order valence-corrected chi connectivity index (χ0v) is 13.4. The van der Waals surface area contributed by atoms with Gasteiger partial charge in [-0.15, -0.1) is 15.3 Å². The lowest BCUT2D eigenvalue weighted by atomic mass is 9.86. The second-order valence-electron chi connectivity index (χ2n) is 7.27. The average molecular weight is 287 g/mol. The standard InChI is InChI=1S/C16H25N5/c1-11-7-5-6-8-12(11)17-13-9-10-14-18-19-15(16(2,3)4)21(14)20-13/h9-12H,5-8H2,1-4H3,(H,17,20). The Hall–Kier alpha value is -1.65. The molecule has 1 fully saturated rings. The molecule has 0 aromatic carbocycles. The van der Waals surface area contributed by atoms with Gasteiger partial charge in [-0.1, -0.05) is 40.5 Å². The molecule has 0 saturated heterocycles. The highest BCUT2D eigenvalue weighted by Gasteiger charge is 2.24. The molecule has 0 spiro atoms. The van der Waals surface area contributed by atoms with Crippen molar-refractivity contribution in [2.75, 3.05) is 5.32 Å². The molecule has 2 unspecified atom stereocenters. The van der Waals surface area contributed by atoms with Crippen LogP contribution in [0, 0.1) is 5.92 Å². The van der Waals surface area contributed by atoms with Crippen LogP contribution in [0.15, 0.2) is 12.1 Å². The van der Waals surface area contributed by atoms with E-state index >= 15 is 0 Å². The van der Waals surface area contributed by atoms with Crippen molar-refractivity contribution >= 4 is 11.5 Å². The van der Waals surface area contributed by atoms with Crippen LogP contribution in [0.3, 0.4) is 0 Å². The highest BCUT2D eigenvalue weighted by atomic mass is 15.4. The highest BCUT2D eigenvalue weighted by Crippen LogP contribution is 2.26. The quantitative estimate of drug-likeness (QED) is 0.919. The minimum absolute atomic E-state index is 0.0663. The predicted octanol–water partition coefficient (Wildman–Crippen LogP) is 3.41. The van der Waals surface area contributed by atoms with Crippen molar-refractivity contribution in [3.63, 3.8) is 0 Å². The van der Waals surface area contributed by atoms with Gasteiger partial charge in [-0.25, -0.2) is 0 Å². The molecule has 0 bridgehead atoms. The van der Waals surface area contributed by atoms with Gasteiger partial charge in [-0.2, -0.15) is 4.52 Å². The lowest BCUT2D eigenvalue weighted by Crippen LogP contribution is -2.31. The molecule has 2 heterocycles. The van der Waals surface area contributed by atoms with E-state index in [4.69, 9.17) is 5.10 Å². The summed E-state index contributed by atoms with van der Waals surface area (Å²) in [6, 6.07) is 4.53. The Balaban J connectivity index is 1.89. The summed E-state index contributed by atoms with van der Waals surface area (Å²) in [5.41, 5.74) is 0.741. The molecular weight excluding hydrogens is 262 g/mol. The van der Waals surface area contributed by atoms with Gasteiger partial charge in [0.05, 0.1) is 0 Å². The Kier molecular flexibility index (Phi) is 3.59. The fourth-order valence-electron chi connectivity index (χ4n) is 3.05. The van der Waals surface area contributed by atoms with Gasteiger partial charge < -0.3 is 5.32 Å². The number of rotatable bonds is 2. The molecule has 2 aromatic rings. The van der Waals surface area contributed by atoms with Gasteiger partial charge in [-0.3, -0.25) is 0 Å². The smallest absolute Gasteiger partial charge is 0.178 e. The maximum atomic E-state index is 4.71. The van der Waals surface area contributed by atoms with Crippen molar-refractivity contribution in [2.45, 2.75) is 64.8 Å². The molecule has 0 aliphatic heterocycles. The van der Waals surface area contributed by atoms with Crippen LogP contribution < -0.4 is 5.32 Å². The second kappa shape index (κ2) is 5.28. The monoisotopic (exact) mass is 287 g/mol. The fourth-order valence-corrected chi connectivity index (χ4v) is 3.05. The zero-order chi connectivity index (χ0) is 15.0. The van der Waals surface area contributed by atoms with Crippen LogP contribution in [0.4, 0.5) is 5.82 Å². The van der Waals surface area contributed by atoms with Crippen LogP contribution in [0.25, 0.3) is 5.65 Å². The Morgan fingerprint density at radius 2 is 1.90 bits per heavy atom. The van der Waals surface area contributed by atoms with Crippen LogP contribution in [0.5, 0.6) is 0 Å². The van der Waals surface area contributed by atoms with Gasteiger partial charge in [0.25, 0.3) is 0 Å². The first-order chi connectivity index (χ1) is 9.95. The van der Waals surface area contributed by atoms with Gasteiger partial charge >= 0.3 is 0 Å². The summed E-state index contributed by atoms with van der Waals surface area (Å²) >= 11 is 0. The highest BCUT2D eigenvalue weighted by molar-refractivity contribution is 5.45. The van der Waals surface area contributed by atoms with E-state index in [1.54, 1.807) is 0 Å². The first kappa shape index (κ1) is 14.3. The molecule has 2 aromatic heterocycles. The lowest BCUT2D eigenvalue weighted by Gasteiger charge is -2.29. The molecule has 1 aliphatic rings.